The third kappa shape index (κ3) is 3.38. The van der Waals surface area contributed by atoms with Crippen LogP contribution in [0.1, 0.15) is 30.5 Å². The molecule has 1 aliphatic rings. The quantitative estimate of drug-likeness (QED) is 0.834. The molecule has 2 nitrogen and oxygen atoms in total. The van der Waals surface area contributed by atoms with Crippen LogP contribution in [0.25, 0.3) is 0 Å². The maximum atomic E-state index is 12.6. The van der Waals surface area contributed by atoms with Crippen LogP contribution in [0.15, 0.2) is 24.3 Å². The molecule has 110 valence electrons. The Balaban J connectivity index is 2.06. The number of nitrogens with one attached hydrogen (secondary N) is 1. The van der Waals surface area contributed by atoms with Gasteiger partial charge >= 0.3 is 6.18 Å². The first-order valence-electron chi connectivity index (χ1n) is 5.96. The van der Waals surface area contributed by atoms with Crippen molar-refractivity contribution >= 4 is 29.1 Å². The van der Waals surface area contributed by atoms with E-state index in [-0.39, 0.29) is 5.91 Å². The van der Waals surface area contributed by atoms with Crippen molar-refractivity contribution in [3.05, 3.63) is 35.4 Å². The summed E-state index contributed by atoms with van der Waals surface area (Å²) in [5.41, 5.74) is -0.366. The molecule has 0 heterocycles. The van der Waals surface area contributed by atoms with E-state index in [1.54, 1.807) is 6.92 Å². The lowest BCUT2D eigenvalue weighted by Crippen LogP contribution is -2.29. The summed E-state index contributed by atoms with van der Waals surface area (Å²) in [6.45, 7) is 1.61. The molecule has 2 unspecified atom stereocenters. The summed E-state index contributed by atoms with van der Waals surface area (Å²) < 4.78 is 36.8. The molecule has 0 aliphatic heterocycles. The molecule has 1 saturated carbocycles. The molecule has 0 bridgehead atoms. The van der Waals surface area contributed by atoms with E-state index < -0.39 is 28.0 Å². The summed E-state index contributed by atoms with van der Waals surface area (Å²) in [6.07, 6.45) is -4.05. The third-order valence-corrected chi connectivity index (χ3v) is 4.05. The molecule has 1 aromatic carbocycles. The van der Waals surface area contributed by atoms with Crippen molar-refractivity contribution < 1.29 is 18.0 Å². The zero-order valence-electron chi connectivity index (χ0n) is 10.5. The second kappa shape index (κ2) is 5.11. The number of halogens is 5. The van der Waals surface area contributed by atoms with Crippen LogP contribution < -0.4 is 5.32 Å². The Bertz CT molecular complexity index is 531. The third-order valence-electron chi connectivity index (χ3n) is 3.22. The molecule has 1 fully saturated rings. The van der Waals surface area contributed by atoms with Crippen molar-refractivity contribution in [1.82, 2.24) is 5.32 Å². The minimum absolute atomic E-state index is 0.347. The largest absolute Gasteiger partial charge is 0.416 e. The van der Waals surface area contributed by atoms with E-state index in [1.807, 2.05) is 0 Å². The average molecular weight is 326 g/mol. The number of benzene rings is 1. The van der Waals surface area contributed by atoms with Gasteiger partial charge in [-0.25, -0.2) is 0 Å². The molecule has 0 radical (unpaired) electrons. The molecule has 0 spiro atoms. The van der Waals surface area contributed by atoms with Crippen molar-refractivity contribution in [1.29, 1.82) is 0 Å². The van der Waals surface area contributed by atoms with E-state index >= 15 is 0 Å². The monoisotopic (exact) mass is 325 g/mol. The van der Waals surface area contributed by atoms with Crippen LogP contribution >= 0.6 is 23.2 Å². The van der Waals surface area contributed by atoms with Crippen LogP contribution in [0.5, 0.6) is 0 Å². The van der Waals surface area contributed by atoms with Crippen LogP contribution in [-0.4, -0.2) is 10.2 Å². The molecule has 1 N–H and O–H groups in total. The van der Waals surface area contributed by atoms with E-state index in [0.29, 0.717) is 12.0 Å². The molecule has 1 aromatic rings. The van der Waals surface area contributed by atoms with Gasteiger partial charge in [-0.05, 0) is 31.0 Å². The number of amides is 1. The summed E-state index contributed by atoms with van der Waals surface area (Å²) >= 11 is 11.5. The topological polar surface area (TPSA) is 29.1 Å². The van der Waals surface area contributed by atoms with Gasteiger partial charge in [-0.15, -0.1) is 23.2 Å². The Kier molecular flexibility index (Phi) is 3.95. The number of hydrogen-bond donors (Lipinski definition) is 1. The fraction of sp³-hybridized carbons (Fsp3) is 0.462. The summed E-state index contributed by atoms with van der Waals surface area (Å²) in [5, 5.41) is 2.62. The highest BCUT2D eigenvalue weighted by Crippen LogP contribution is 2.53. The lowest BCUT2D eigenvalue weighted by molar-refractivity contribution is -0.137. The molecule has 1 aliphatic carbocycles. The molecule has 20 heavy (non-hydrogen) atoms. The summed E-state index contributed by atoms with van der Waals surface area (Å²) in [5.74, 6) is -0.848. The highest BCUT2D eigenvalue weighted by molar-refractivity contribution is 6.52. The summed E-state index contributed by atoms with van der Waals surface area (Å²) in [6, 6.07) is 4.30. The molecular formula is C13H12Cl2F3NO. The molecule has 2 rings (SSSR count). The Morgan fingerprint density at radius 2 is 2.05 bits per heavy atom. The minimum atomic E-state index is -4.41. The number of rotatable bonds is 3. The smallest absolute Gasteiger partial charge is 0.349 e. The van der Waals surface area contributed by atoms with Crippen molar-refractivity contribution in [2.24, 2.45) is 5.92 Å². The van der Waals surface area contributed by atoms with Crippen molar-refractivity contribution in [2.45, 2.75) is 29.9 Å². The zero-order valence-corrected chi connectivity index (χ0v) is 12.0. The van der Waals surface area contributed by atoms with Crippen molar-refractivity contribution in [3.8, 4) is 0 Å². The first-order chi connectivity index (χ1) is 9.11. The fourth-order valence-electron chi connectivity index (χ4n) is 1.88. The Morgan fingerprint density at radius 1 is 1.45 bits per heavy atom. The predicted molar refractivity (Wildman–Crippen MR) is 70.5 cm³/mol. The first kappa shape index (κ1) is 15.4. The highest BCUT2D eigenvalue weighted by atomic mass is 35.5. The second-order valence-electron chi connectivity index (χ2n) is 4.87. The van der Waals surface area contributed by atoms with Crippen LogP contribution in [0, 0.1) is 5.92 Å². The average Bonchev–Trinajstić information content (AvgIpc) is 2.97. The fourth-order valence-corrected chi connectivity index (χ4v) is 2.39. The van der Waals surface area contributed by atoms with Crippen LogP contribution in [0.3, 0.4) is 0 Å². The minimum Gasteiger partial charge on any atom is -0.349 e. The molecule has 0 saturated heterocycles. The van der Waals surface area contributed by atoms with Gasteiger partial charge in [0, 0.05) is 0 Å². The maximum Gasteiger partial charge on any atom is 0.416 e. The SMILES string of the molecule is CC(NC(=O)C1CC1(Cl)Cl)c1cccc(C(F)(F)F)c1. The molecule has 7 heteroatoms. The van der Waals surface area contributed by atoms with Crippen molar-refractivity contribution in [2.75, 3.05) is 0 Å². The standard InChI is InChI=1S/C13H12Cl2F3NO/c1-7(19-11(20)10-6-12(10,14)15)8-3-2-4-9(5-8)13(16,17)18/h2-5,7,10H,6H2,1H3,(H,19,20). The summed E-state index contributed by atoms with van der Waals surface area (Å²) in [4.78, 5) is 11.8. The van der Waals surface area contributed by atoms with Crippen molar-refractivity contribution in [3.63, 3.8) is 0 Å². The molecule has 0 aromatic heterocycles. The predicted octanol–water partition coefficient (Wildman–Crippen LogP) is 4.08. The van der Waals surface area contributed by atoms with Gasteiger partial charge in [0.15, 0.2) is 0 Å². The number of carbonyl (C=O) groups excluding carboxylic acids is 1. The Labute approximate surface area is 124 Å². The van der Waals surface area contributed by atoms with Gasteiger partial charge in [0.05, 0.1) is 17.5 Å². The molecular weight excluding hydrogens is 314 g/mol. The van der Waals surface area contributed by atoms with Gasteiger partial charge in [-0.3, -0.25) is 4.79 Å². The molecule has 2 atom stereocenters. The van der Waals surface area contributed by atoms with E-state index in [2.05, 4.69) is 5.32 Å². The first-order valence-corrected chi connectivity index (χ1v) is 6.72. The molecule has 1 amide bonds. The van der Waals surface area contributed by atoms with Gasteiger partial charge < -0.3 is 5.32 Å². The van der Waals surface area contributed by atoms with E-state index in [4.69, 9.17) is 23.2 Å². The van der Waals surface area contributed by atoms with E-state index in [9.17, 15) is 18.0 Å². The number of hydrogen-bond acceptors (Lipinski definition) is 1. The van der Waals surface area contributed by atoms with Gasteiger partial charge in [-0.1, -0.05) is 12.1 Å². The Hall–Kier alpha value is -0.940. The lowest BCUT2D eigenvalue weighted by atomic mass is 10.0. The van der Waals surface area contributed by atoms with Gasteiger partial charge in [0.25, 0.3) is 0 Å². The van der Waals surface area contributed by atoms with E-state index in [1.165, 1.54) is 12.1 Å². The Morgan fingerprint density at radius 3 is 2.55 bits per heavy atom. The van der Waals surface area contributed by atoms with Crippen LogP contribution in [0.4, 0.5) is 13.2 Å². The van der Waals surface area contributed by atoms with Crippen LogP contribution in [-0.2, 0) is 11.0 Å². The lowest BCUT2D eigenvalue weighted by Gasteiger charge is -2.16. The second-order valence-corrected chi connectivity index (χ2v) is 6.41. The highest BCUT2D eigenvalue weighted by Gasteiger charge is 2.56. The number of carbonyl (C=O) groups is 1. The van der Waals surface area contributed by atoms with Crippen LogP contribution in [0.2, 0.25) is 0 Å². The number of alkyl halides is 5. The van der Waals surface area contributed by atoms with Gasteiger partial charge in [0.1, 0.15) is 4.33 Å². The zero-order chi connectivity index (χ0) is 15.1. The normalized spacial score (nSPS) is 22.2. The van der Waals surface area contributed by atoms with E-state index in [0.717, 1.165) is 12.1 Å². The van der Waals surface area contributed by atoms with Gasteiger partial charge in [-0.2, -0.15) is 13.2 Å². The maximum absolute atomic E-state index is 12.6. The van der Waals surface area contributed by atoms with Gasteiger partial charge in [0.2, 0.25) is 5.91 Å². The summed E-state index contributed by atoms with van der Waals surface area (Å²) in [7, 11) is 0.